The maximum Gasteiger partial charge on any atom is 0.243 e. The molecule has 0 saturated carbocycles. The van der Waals surface area contributed by atoms with Crippen LogP contribution in [0.1, 0.15) is 44.6 Å². The number of hydrogen-bond donors (Lipinski definition) is 1. The third kappa shape index (κ3) is 5.26. The van der Waals surface area contributed by atoms with E-state index in [1.54, 1.807) is 6.08 Å². The van der Waals surface area contributed by atoms with Crippen molar-refractivity contribution < 1.29 is 14.3 Å². The fourth-order valence-corrected chi connectivity index (χ4v) is 5.45. The van der Waals surface area contributed by atoms with Crippen molar-refractivity contribution in [3.8, 4) is 5.75 Å². The number of piperidine rings is 1. The molecule has 1 unspecified atom stereocenters. The number of anilines is 2. The van der Waals surface area contributed by atoms with E-state index in [4.69, 9.17) is 4.74 Å². The fraction of sp³-hybridized carbons (Fsp3) is 0.448. The number of ketones is 1. The molecule has 0 spiro atoms. The molecule has 0 radical (unpaired) electrons. The maximum atomic E-state index is 13.3. The highest BCUT2D eigenvalue weighted by molar-refractivity contribution is 6.03. The third-order valence-corrected chi connectivity index (χ3v) is 7.30. The molecule has 1 fully saturated rings. The Bertz CT molecular complexity index is 1110. The summed E-state index contributed by atoms with van der Waals surface area (Å²) in [6.07, 6.45) is 6.86. The average molecular weight is 489 g/mol. The van der Waals surface area contributed by atoms with Crippen molar-refractivity contribution in [3.05, 3.63) is 66.0 Å². The molecular formula is C29H36N4O3. The zero-order valence-corrected chi connectivity index (χ0v) is 21.1. The summed E-state index contributed by atoms with van der Waals surface area (Å²) in [6.45, 7) is 7.44. The zero-order valence-electron chi connectivity index (χ0n) is 21.1. The standard InChI is InChI=1S/C29H36N4O3/c1-2-32-25-9-4-5-10-26(25)33-27(19-23(34)20-28(32)33)29(35)30-21-22-11-13-24(14-12-22)36-18-8-17-31-15-6-3-7-16-31/h4-5,9-14,20,27H,2-3,6-8,15-19,21H2,1H3,(H,30,35). The van der Waals surface area contributed by atoms with Gasteiger partial charge in [0, 0.05) is 32.1 Å². The van der Waals surface area contributed by atoms with E-state index in [2.05, 4.69) is 22.0 Å². The van der Waals surface area contributed by atoms with Gasteiger partial charge in [-0.2, -0.15) is 0 Å². The van der Waals surface area contributed by atoms with Gasteiger partial charge < -0.3 is 24.8 Å². The number of benzene rings is 2. The second kappa shape index (κ2) is 11.2. The van der Waals surface area contributed by atoms with E-state index in [0.717, 1.165) is 48.0 Å². The molecule has 1 saturated heterocycles. The summed E-state index contributed by atoms with van der Waals surface area (Å²) in [5.41, 5.74) is 3.00. The smallest absolute Gasteiger partial charge is 0.243 e. The van der Waals surface area contributed by atoms with Crippen molar-refractivity contribution in [2.75, 3.05) is 42.6 Å². The van der Waals surface area contributed by atoms with E-state index in [0.29, 0.717) is 13.2 Å². The predicted molar refractivity (Wildman–Crippen MR) is 142 cm³/mol. The Morgan fingerprint density at radius 2 is 1.78 bits per heavy atom. The first-order valence-electron chi connectivity index (χ1n) is 13.3. The largest absolute Gasteiger partial charge is 0.494 e. The molecule has 1 atom stereocenters. The molecule has 36 heavy (non-hydrogen) atoms. The average Bonchev–Trinajstić information content (AvgIpc) is 3.23. The van der Waals surface area contributed by atoms with Crippen molar-refractivity contribution in [1.29, 1.82) is 0 Å². The number of rotatable bonds is 9. The molecular weight excluding hydrogens is 452 g/mol. The molecule has 0 aliphatic carbocycles. The van der Waals surface area contributed by atoms with Gasteiger partial charge in [0.25, 0.3) is 0 Å². The van der Waals surface area contributed by atoms with Gasteiger partial charge in [0.05, 0.1) is 18.0 Å². The molecule has 190 valence electrons. The van der Waals surface area contributed by atoms with Crippen molar-refractivity contribution in [1.82, 2.24) is 10.2 Å². The summed E-state index contributed by atoms with van der Waals surface area (Å²) in [6, 6.07) is 15.3. The highest BCUT2D eigenvalue weighted by Crippen LogP contribution is 2.44. The molecule has 0 bridgehead atoms. The molecule has 0 aromatic heterocycles. The first kappa shape index (κ1) is 24.4. The van der Waals surface area contributed by atoms with Crippen LogP contribution in [0.3, 0.4) is 0 Å². The van der Waals surface area contributed by atoms with Gasteiger partial charge in [-0.05, 0) is 69.1 Å². The van der Waals surface area contributed by atoms with Gasteiger partial charge in [-0.3, -0.25) is 9.59 Å². The van der Waals surface area contributed by atoms with Gasteiger partial charge in [0.1, 0.15) is 17.6 Å². The van der Waals surface area contributed by atoms with E-state index in [9.17, 15) is 9.59 Å². The van der Waals surface area contributed by atoms with E-state index >= 15 is 0 Å². The van der Waals surface area contributed by atoms with E-state index < -0.39 is 6.04 Å². The Balaban J connectivity index is 1.14. The van der Waals surface area contributed by atoms with Crippen molar-refractivity contribution >= 4 is 23.1 Å². The van der Waals surface area contributed by atoms with Crippen LogP contribution < -0.4 is 19.9 Å². The van der Waals surface area contributed by atoms with Gasteiger partial charge in [-0.1, -0.05) is 30.7 Å². The van der Waals surface area contributed by atoms with Crippen molar-refractivity contribution in [2.45, 2.75) is 51.6 Å². The molecule has 3 heterocycles. The van der Waals surface area contributed by atoms with Gasteiger partial charge in [-0.15, -0.1) is 0 Å². The fourth-order valence-electron chi connectivity index (χ4n) is 5.45. The summed E-state index contributed by atoms with van der Waals surface area (Å²) >= 11 is 0. The number of amides is 1. The minimum Gasteiger partial charge on any atom is -0.494 e. The zero-order chi connectivity index (χ0) is 24.9. The lowest BCUT2D eigenvalue weighted by Crippen LogP contribution is -2.50. The molecule has 2 aromatic rings. The Kier molecular flexibility index (Phi) is 7.56. The van der Waals surface area contributed by atoms with Gasteiger partial charge in [-0.25, -0.2) is 0 Å². The summed E-state index contributed by atoms with van der Waals surface area (Å²) in [5, 5.41) is 3.05. The second-order valence-electron chi connectivity index (χ2n) is 9.76. The number of likely N-dealkylation sites (tertiary alicyclic amines) is 1. The number of nitrogens with one attached hydrogen (secondary N) is 1. The number of hydrogen-bond acceptors (Lipinski definition) is 6. The van der Waals surface area contributed by atoms with Crippen LogP contribution in [0.4, 0.5) is 11.4 Å². The van der Waals surface area contributed by atoms with Gasteiger partial charge in [0.2, 0.25) is 5.91 Å². The molecule has 5 rings (SSSR count). The summed E-state index contributed by atoms with van der Waals surface area (Å²) in [4.78, 5) is 32.4. The number of allylic oxidation sites excluding steroid dienone is 1. The van der Waals surface area contributed by atoms with Crippen LogP contribution in [-0.2, 0) is 16.1 Å². The lowest BCUT2D eigenvalue weighted by Gasteiger charge is -2.34. The second-order valence-corrected chi connectivity index (χ2v) is 9.76. The number of carbonyl (C=O) groups excluding carboxylic acids is 2. The molecule has 3 aliphatic rings. The Labute approximate surface area is 213 Å². The van der Waals surface area contributed by atoms with E-state index in [-0.39, 0.29) is 18.1 Å². The molecule has 7 heteroatoms. The molecule has 1 N–H and O–H groups in total. The summed E-state index contributed by atoms with van der Waals surface area (Å²) in [7, 11) is 0. The van der Waals surface area contributed by atoms with E-state index in [1.165, 1.54) is 32.4 Å². The topological polar surface area (TPSA) is 65.1 Å². The Morgan fingerprint density at radius 1 is 1.03 bits per heavy atom. The van der Waals surface area contributed by atoms with Gasteiger partial charge >= 0.3 is 0 Å². The van der Waals surface area contributed by atoms with E-state index in [1.807, 2.05) is 53.4 Å². The molecule has 2 aromatic carbocycles. The van der Waals surface area contributed by atoms with Crippen molar-refractivity contribution in [3.63, 3.8) is 0 Å². The van der Waals surface area contributed by atoms with Gasteiger partial charge in [0.15, 0.2) is 5.78 Å². The molecule has 1 amide bonds. The number of carbonyl (C=O) groups is 2. The molecule has 3 aliphatic heterocycles. The summed E-state index contributed by atoms with van der Waals surface area (Å²) in [5.74, 6) is 1.48. The van der Waals surface area contributed by atoms with Crippen LogP contribution in [0.5, 0.6) is 5.75 Å². The highest BCUT2D eigenvalue weighted by Gasteiger charge is 2.42. The monoisotopic (exact) mass is 488 g/mol. The van der Waals surface area contributed by atoms with Crippen LogP contribution in [-0.4, -0.2) is 55.4 Å². The number of nitrogens with zero attached hydrogens (tertiary/aromatic N) is 3. The number of fused-ring (bicyclic) bond motifs is 3. The normalized spacial score (nSPS) is 19.5. The number of para-hydroxylation sites is 2. The SMILES string of the molecule is CCN1C2=CC(=O)CC(C(=O)NCc3ccc(OCCCN4CCCCC4)cc3)N2c2ccccc21. The van der Waals surface area contributed by atoms with Crippen LogP contribution >= 0.6 is 0 Å². The van der Waals surface area contributed by atoms with Crippen LogP contribution in [0.15, 0.2) is 60.4 Å². The third-order valence-electron chi connectivity index (χ3n) is 7.30. The van der Waals surface area contributed by atoms with Crippen LogP contribution in [0, 0.1) is 0 Å². The lowest BCUT2D eigenvalue weighted by atomic mass is 10.0. The minimum absolute atomic E-state index is 0.0190. The quantitative estimate of drug-likeness (QED) is 0.537. The first-order valence-corrected chi connectivity index (χ1v) is 13.3. The minimum atomic E-state index is -0.558. The molecule has 7 nitrogen and oxygen atoms in total. The Morgan fingerprint density at radius 3 is 2.53 bits per heavy atom. The number of ether oxygens (including phenoxy) is 1. The first-order chi connectivity index (χ1) is 17.6. The summed E-state index contributed by atoms with van der Waals surface area (Å²) < 4.78 is 5.92. The Hall–Kier alpha value is -3.32. The maximum absolute atomic E-state index is 13.3. The predicted octanol–water partition coefficient (Wildman–Crippen LogP) is 4.09. The van der Waals surface area contributed by atoms with Crippen LogP contribution in [0.2, 0.25) is 0 Å². The van der Waals surface area contributed by atoms with Crippen molar-refractivity contribution in [2.24, 2.45) is 0 Å². The highest BCUT2D eigenvalue weighted by atomic mass is 16.5. The lowest BCUT2D eigenvalue weighted by molar-refractivity contribution is -0.125. The van der Waals surface area contributed by atoms with Crippen LogP contribution in [0.25, 0.3) is 0 Å².